The summed E-state index contributed by atoms with van der Waals surface area (Å²) in [7, 11) is -3.05. The van der Waals surface area contributed by atoms with E-state index in [-0.39, 0.29) is 16.3 Å². The zero-order valence-corrected chi connectivity index (χ0v) is 13.0. The lowest BCUT2D eigenvalue weighted by Gasteiger charge is -2.18. The Morgan fingerprint density at radius 3 is 2.41 bits per heavy atom. The van der Waals surface area contributed by atoms with E-state index in [1.54, 1.807) is 13.8 Å². The Balaban J connectivity index is 3.28. The van der Waals surface area contributed by atoms with Crippen LogP contribution < -0.4 is 9.46 Å². The number of non-ortho nitro benzene ring substituents is 1. The van der Waals surface area contributed by atoms with Crippen molar-refractivity contribution in [2.45, 2.75) is 24.8 Å². The summed E-state index contributed by atoms with van der Waals surface area (Å²) < 4.78 is 31.5. The van der Waals surface area contributed by atoms with Crippen LogP contribution in [0.4, 0.5) is 5.69 Å². The van der Waals surface area contributed by atoms with Crippen molar-refractivity contribution in [2.75, 3.05) is 7.11 Å². The standard InChI is InChI=1S/C12H16N2O7S/c1-7(2)11(12(15)16)13-22(19,20)10-5-4-8(14(17)18)6-9(10)21-3/h4-7,11,13H,1-3H3,(H,15,16)/t11-/m0/s1. The zero-order chi connectivity index (χ0) is 17.1. The molecule has 0 aliphatic heterocycles. The number of benzene rings is 1. The SMILES string of the molecule is COc1cc([N+](=O)[O-])ccc1S(=O)(=O)N[C@H](C(=O)O)C(C)C. The summed E-state index contributed by atoms with van der Waals surface area (Å²) in [6, 6.07) is 1.63. The lowest BCUT2D eigenvalue weighted by molar-refractivity contribution is -0.385. The van der Waals surface area contributed by atoms with Crippen LogP contribution in [0.25, 0.3) is 0 Å². The highest BCUT2D eigenvalue weighted by Gasteiger charge is 2.30. The number of nitrogens with one attached hydrogen (secondary N) is 1. The lowest BCUT2D eigenvalue weighted by Crippen LogP contribution is -2.44. The quantitative estimate of drug-likeness (QED) is 0.561. The second-order valence-electron chi connectivity index (χ2n) is 4.77. The van der Waals surface area contributed by atoms with Crippen LogP contribution in [0.5, 0.6) is 5.75 Å². The Hall–Kier alpha value is -2.20. The monoisotopic (exact) mass is 332 g/mol. The number of aliphatic carboxylic acids is 1. The molecular weight excluding hydrogens is 316 g/mol. The normalized spacial score (nSPS) is 12.9. The van der Waals surface area contributed by atoms with Gasteiger partial charge >= 0.3 is 5.97 Å². The molecule has 122 valence electrons. The molecule has 0 spiro atoms. The molecular formula is C12H16N2O7S. The van der Waals surface area contributed by atoms with Crippen molar-refractivity contribution in [2.24, 2.45) is 5.92 Å². The van der Waals surface area contributed by atoms with Gasteiger partial charge < -0.3 is 9.84 Å². The average molecular weight is 332 g/mol. The number of sulfonamides is 1. The van der Waals surface area contributed by atoms with Crippen LogP contribution in [0.2, 0.25) is 0 Å². The van der Waals surface area contributed by atoms with Crippen molar-refractivity contribution in [1.82, 2.24) is 4.72 Å². The fraction of sp³-hybridized carbons (Fsp3) is 0.417. The van der Waals surface area contributed by atoms with Gasteiger partial charge in [0.05, 0.1) is 18.1 Å². The fourth-order valence-electron chi connectivity index (χ4n) is 1.69. The van der Waals surface area contributed by atoms with Gasteiger partial charge in [-0.15, -0.1) is 0 Å². The molecule has 0 unspecified atom stereocenters. The molecule has 1 aromatic carbocycles. The number of carboxylic acid groups (broad SMARTS) is 1. The minimum Gasteiger partial charge on any atom is -0.495 e. The number of nitro benzene ring substituents is 1. The Kier molecular flexibility index (Phi) is 5.44. The van der Waals surface area contributed by atoms with Gasteiger partial charge in [-0.05, 0) is 12.0 Å². The predicted octanol–water partition coefficient (Wildman–Crippen LogP) is 0.991. The van der Waals surface area contributed by atoms with Gasteiger partial charge in [0.2, 0.25) is 10.0 Å². The van der Waals surface area contributed by atoms with Crippen LogP contribution in [0.1, 0.15) is 13.8 Å². The van der Waals surface area contributed by atoms with Gasteiger partial charge in [0.15, 0.2) is 0 Å². The molecule has 0 saturated carbocycles. The third kappa shape index (κ3) is 3.92. The van der Waals surface area contributed by atoms with E-state index in [1.165, 1.54) is 0 Å². The number of carboxylic acids is 1. The molecule has 0 aliphatic carbocycles. The van der Waals surface area contributed by atoms with Crippen LogP contribution in [0.3, 0.4) is 0 Å². The predicted molar refractivity (Wildman–Crippen MR) is 76.2 cm³/mol. The maximum atomic E-state index is 12.3. The van der Waals surface area contributed by atoms with Gasteiger partial charge in [0.25, 0.3) is 5.69 Å². The van der Waals surface area contributed by atoms with Gasteiger partial charge in [-0.1, -0.05) is 13.8 Å². The summed E-state index contributed by atoms with van der Waals surface area (Å²) in [5.41, 5.74) is -0.338. The van der Waals surface area contributed by atoms with E-state index in [1.807, 2.05) is 0 Å². The Morgan fingerprint density at radius 2 is 2.00 bits per heavy atom. The first-order valence-electron chi connectivity index (χ1n) is 6.17. The third-order valence-corrected chi connectivity index (χ3v) is 4.34. The maximum absolute atomic E-state index is 12.3. The molecule has 10 heteroatoms. The highest BCUT2D eigenvalue weighted by molar-refractivity contribution is 7.89. The van der Waals surface area contributed by atoms with E-state index < -0.39 is 32.9 Å². The summed E-state index contributed by atoms with van der Waals surface area (Å²) in [5, 5.41) is 19.7. The van der Waals surface area contributed by atoms with Crippen LogP contribution >= 0.6 is 0 Å². The van der Waals surface area contributed by atoms with Gasteiger partial charge in [-0.25, -0.2) is 8.42 Å². The summed E-state index contributed by atoms with van der Waals surface area (Å²) in [6.07, 6.45) is 0. The van der Waals surface area contributed by atoms with Crippen LogP contribution in [0.15, 0.2) is 23.1 Å². The van der Waals surface area contributed by atoms with Crippen LogP contribution in [0, 0.1) is 16.0 Å². The maximum Gasteiger partial charge on any atom is 0.322 e. The van der Waals surface area contributed by atoms with Crippen molar-refractivity contribution >= 4 is 21.7 Å². The molecule has 2 N–H and O–H groups in total. The van der Waals surface area contributed by atoms with Crippen LogP contribution in [-0.2, 0) is 14.8 Å². The average Bonchev–Trinajstić information content (AvgIpc) is 2.43. The molecule has 1 rings (SSSR count). The third-order valence-electron chi connectivity index (χ3n) is 2.86. The Bertz CT molecular complexity index is 685. The van der Waals surface area contributed by atoms with Gasteiger partial charge in [0, 0.05) is 6.07 Å². The number of rotatable bonds is 7. The van der Waals surface area contributed by atoms with Gasteiger partial charge in [-0.3, -0.25) is 14.9 Å². The molecule has 0 bridgehead atoms. The van der Waals surface area contributed by atoms with E-state index in [4.69, 9.17) is 9.84 Å². The highest BCUT2D eigenvalue weighted by Crippen LogP contribution is 2.28. The first-order chi connectivity index (χ1) is 10.1. The molecule has 1 atom stereocenters. The molecule has 22 heavy (non-hydrogen) atoms. The van der Waals surface area contributed by atoms with E-state index in [9.17, 15) is 23.3 Å². The van der Waals surface area contributed by atoms with E-state index in [2.05, 4.69) is 4.72 Å². The molecule has 9 nitrogen and oxygen atoms in total. The molecule has 0 radical (unpaired) electrons. The molecule has 0 saturated heterocycles. The number of hydrogen-bond donors (Lipinski definition) is 2. The number of nitrogens with zero attached hydrogens (tertiary/aromatic N) is 1. The Morgan fingerprint density at radius 1 is 1.41 bits per heavy atom. The summed E-state index contributed by atoms with van der Waals surface area (Å²) in [5.74, 6) is -2.05. The van der Waals surface area contributed by atoms with E-state index >= 15 is 0 Å². The lowest BCUT2D eigenvalue weighted by atomic mass is 10.1. The number of hydrogen-bond acceptors (Lipinski definition) is 6. The van der Waals surface area contributed by atoms with Crippen molar-refractivity contribution in [3.8, 4) is 5.75 Å². The minimum atomic E-state index is -4.21. The fourth-order valence-corrected chi connectivity index (χ4v) is 3.18. The topological polar surface area (TPSA) is 136 Å². The van der Waals surface area contributed by atoms with Crippen molar-refractivity contribution < 1.29 is 28.0 Å². The second kappa shape index (κ2) is 6.71. The number of carbonyl (C=O) groups is 1. The highest BCUT2D eigenvalue weighted by atomic mass is 32.2. The largest absolute Gasteiger partial charge is 0.495 e. The molecule has 0 aliphatic rings. The first kappa shape index (κ1) is 17.9. The first-order valence-corrected chi connectivity index (χ1v) is 7.66. The summed E-state index contributed by atoms with van der Waals surface area (Å²) in [6.45, 7) is 3.10. The molecule has 0 aromatic heterocycles. The summed E-state index contributed by atoms with van der Waals surface area (Å²) >= 11 is 0. The second-order valence-corrected chi connectivity index (χ2v) is 6.46. The molecule has 0 heterocycles. The number of ether oxygens (including phenoxy) is 1. The molecule has 1 aromatic rings. The molecule has 0 amide bonds. The summed E-state index contributed by atoms with van der Waals surface area (Å²) in [4.78, 5) is 20.7. The van der Waals surface area contributed by atoms with Crippen LogP contribution in [-0.4, -0.2) is 37.6 Å². The Labute approximate surface area is 127 Å². The zero-order valence-electron chi connectivity index (χ0n) is 12.1. The van der Waals surface area contributed by atoms with Gasteiger partial charge in [-0.2, -0.15) is 4.72 Å². The molecule has 0 fully saturated rings. The minimum absolute atomic E-state index is 0.241. The van der Waals surface area contributed by atoms with Crippen molar-refractivity contribution in [1.29, 1.82) is 0 Å². The number of methoxy groups -OCH3 is 1. The van der Waals surface area contributed by atoms with Crippen molar-refractivity contribution in [3.05, 3.63) is 28.3 Å². The van der Waals surface area contributed by atoms with E-state index in [0.717, 1.165) is 25.3 Å². The van der Waals surface area contributed by atoms with E-state index in [0.29, 0.717) is 0 Å². The van der Waals surface area contributed by atoms with Gasteiger partial charge in [0.1, 0.15) is 16.7 Å². The number of nitro groups is 1. The smallest absolute Gasteiger partial charge is 0.322 e. The van der Waals surface area contributed by atoms with Crippen molar-refractivity contribution in [3.63, 3.8) is 0 Å².